The SMILES string of the molecule is C=Cc1ccc(C(=O)N2CCC[C@H](C(=O)Nc3ccc(C)cn3)C2)cc1. The molecule has 5 nitrogen and oxygen atoms in total. The number of anilines is 1. The monoisotopic (exact) mass is 349 g/mol. The van der Waals surface area contributed by atoms with Gasteiger partial charge in [0.15, 0.2) is 0 Å². The third kappa shape index (κ3) is 4.17. The predicted octanol–water partition coefficient (Wildman–Crippen LogP) is 3.52. The molecule has 1 fully saturated rings. The van der Waals surface area contributed by atoms with E-state index in [4.69, 9.17) is 0 Å². The van der Waals surface area contributed by atoms with Gasteiger partial charge in [0, 0.05) is 24.8 Å². The normalized spacial score (nSPS) is 16.8. The number of nitrogens with one attached hydrogen (secondary N) is 1. The van der Waals surface area contributed by atoms with Crippen molar-refractivity contribution in [2.45, 2.75) is 19.8 Å². The summed E-state index contributed by atoms with van der Waals surface area (Å²) in [5.74, 6) is 0.208. The lowest BCUT2D eigenvalue weighted by molar-refractivity contribution is -0.121. The smallest absolute Gasteiger partial charge is 0.253 e. The molecule has 0 bridgehead atoms. The summed E-state index contributed by atoms with van der Waals surface area (Å²) in [7, 11) is 0. The molecule has 0 spiro atoms. The van der Waals surface area contributed by atoms with Gasteiger partial charge in [-0.2, -0.15) is 0 Å². The highest BCUT2D eigenvalue weighted by Gasteiger charge is 2.29. The highest BCUT2D eigenvalue weighted by molar-refractivity contribution is 5.96. The number of rotatable bonds is 4. The van der Waals surface area contributed by atoms with Gasteiger partial charge in [0.1, 0.15) is 5.82 Å². The molecule has 2 heterocycles. The summed E-state index contributed by atoms with van der Waals surface area (Å²) in [5.41, 5.74) is 2.65. The van der Waals surface area contributed by atoms with Crippen molar-refractivity contribution in [3.8, 4) is 0 Å². The van der Waals surface area contributed by atoms with Gasteiger partial charge < -0.3 is 10.2 Å². The molecule has 1 N–H and O–H groups in total. The second kappa shape index (κ2) is 7.95. The highest BCUT2D eigenvalue weighted by atomic mass is 16.2. The Kier molecular flexibility index (Phi) is 5.46. The molecule has 1 aliphatic rings. The van der Waals surface area contributed by atoms with Crippen LogP contribution < -0.4 is 5.32 Å². The Labute approximate surface area is 153 Å². The summed E-state index contributed by atoms with van der Waals surface area (Å²) in [5, 5.41) is 2.85. The third-order valence-electron chi connectivity index (χ3n) is 4.64. The van der Waals surface area contributed by atoms with E-state index in [1.54, 1.807) is 35.4 Å². The van der Waals surface area contributed by atoms with Gasteiger partial charge in [-0.25, -0.2) is 4.98 Å². The lowest BCUT2D eigenvalue weighted by atomic mass is 9.96. The van der Waals surface area contributed by atoms with Crippen LogP contribution in [0.4, 0.5) is 5.82 Å². The molecule has 3 rings (SSSR count). The zero-order valence-corrected chi connectivity index (χ0v) is 14.9. The maximum Gasteiger partial charge on any atom is 0.253 e. The van der Waals surface area contributed by atoms with Crippen LogP contribution in [-0.2, 0) is 4.79 Å². The van der Waals surface area contributed by atoms with Gasteiger partial charge in [-0.3, -0.25) is 9.59 Å². The molecule has 5 heteroatoms. The Morgan fingerprint density at radius 1 is 1.23 bits per heavy atom. The standard InChI is InChI=1S/C21H23N3O2/c1-3-16-7-9-17(10-8-16)21(26)24-12-4-5-18(14-24)20(25)23-19-11-6-15(2)13-22-19/h3,6-11,13,18H,1,4-5,12,14H2,2H3,(H,22,23,25)/t18-/m0/s1. The molecule has 0 radical (unpaired) electrons. The van der Waals surface area contributed by atoms with Gasteiger partial charge in [0.05, 0.1) is 5.92 Å². The van der Waals surface area contributed by atoms with E-state index in [1.807, 2.05) is 25.1 Å². The number of aromatic nitrogens is 1. The van der Waals surface area contributed by atoms with E-state index in [0.717, 1.165) is 24.0 Å². The summed E-state index contributed by atoms with van der Waals surface area (Å²) in [6.07, 6.45) is 5.06. The van der Waals surface area contributed by atoms with Crippen LogP contribution in [0, 0.1) is 12.8 Å². The molecule has 0 unspecified atom stereocenters. The Balaban J connectivity index is 1.64. The van der Waals surface area contributed by atoms with Crippen LogP contribution in [0.2, 0.25) is 0 Å². The number of hydrogen-bond acceptors (Lipinski definition) is 3. The number of piperidine rings is 1. The number of nitrogens with zero attached hydrogens (tertiary/aromatic N) is 2. The van der Waals surface area contributed by atoms with Gasteiger partial charge >= 0.3 is 0 Å². The molecule has 2 aromatic rings. The lowest BCUT2D eigenvalue weighted by Crippen LogP contribution is -2.43. The summed E-state index contributed by atoms with van der Waals surface area (Å²) < 4.78 is 0. The molecule has 2 amide bonds. The van der Waals surface area contributed by atoms with Crippen molar-refractivity contribution >= 4 is 23.7 Å². The van der Waals surface area contributed by atoms with E-state index in [2.05, 4.69) is 16.9 Å². The average molecular weight is 349 g/mol. The fraction of sp³-hybridized carbons (Fsp3) is 0.286. The van der Waals surface area contributed by atoms with E-state index in [-0.39, 0.29) is 17.7 Å². The van der Waals surface area contributed by atoms with Crippen molar-refractivity contribution in [3.63, 3.8) is 0 Å². The lowest BCUT2D eigenvalue weighted by Gasteiger charge is -2.32. The fourth-order valence-corrected chi connectivity index (χ4v) is 3.09. The van der Waals surface area contributed by atoms with Crippen molar-refractivity contribution in [1.82, 2.24) is 9.88 Å². The van der Waals surface area contributed by atoms with E-state index in [0.29, 0.717) is 24.5 Å². The first-order valence-corrected chi connectivity index (χ1v) is 8.82. The minimum absolute atomic E-state index is 0.0356. The highest BCUT2D eigenvalue weighted by Crippen LogP contribution is 2.20. The van der Waals surface area contributed by atoms with Crippen LogP contribution in [0.25, 0.3) is 6.08 Å². The third-order valence-corrected chi connectivity index (χ3v) is 4.64. The number of carbonyl (C=O) groups is 2. The number of amides is 2. The predicted molar refractivity (Wildman–Crippen MR) is 103 cm³/mol. The number of carbonyl (C=O) groups excluding carboxylic acids is 2. The summed E-state index contributed by atoms with van der Waals surface area (Å²) in [4.78, 5) is 31.2. The van der Waals surface area contributed by atoms with Crippen molar-refractivity contribution in [1.29, 1.82) is 0 Å². The van der Waals surface area contributed by atoms with Gasteiger partial charge in [-0.1, -0.05) is 30.9 Å². The first kappa shape index (κ1) is 17.9. The van der Waals surface area contributed by atoms with Gasteiger partial charge in [-0.05, 0) is 49.1 Å². The number of aryl methyl sites for hydroxylation is 1. The zero-order valence-electron chi connectivity index (χ0n) is 14.9. The Hall–Kier alpha value is -2.95. The number of pyridine rings is 1. The molecule has 0 aliphatic carbocycles. The molecule has 0 saturated carbocycles. The Morgan fingerprint density at radius 3 is 2.65 bits per heavy atom. The van der Waals surface area contributed by atoms with E-state index >= 15 is 0 Å². The van der Waals surface area contributed by atoms with Crippen LogP contribution in [0.3, 0.4) is 0 Å². The summed E-state index contributed by atoms with van der Waals surface area (Å²) in [6.45, 7) is 6.77. The topological polar surface area (TPSA) is 62.3 Å². The molecule has 1 saturated heterocycles. The minimum Gasteiger partial charge on any atom is -0.338 e. The van der Waals surface area contributed by atoms with Gasteiger partial charge in [0.25, 0.3) is 5.91 Å². The maximum atomic E-state index is 12.7. The van der Waals surface area contributed by atoms with Crippen molar-refractivity contribution < 1.29 is 9.59 Å². The quantitative estimate of drug-likeness (QED) is 0.918. The van der Waals surface area contributed by atoms with Crippen LogP contribution in [0.1, 0.15) is 34.3 Å². The second-order valence-corrected chi connectivity index (χ2v) is 6.63. The number of likely N-dealkylation sites (tertiary alicyclic amines) is 1. The summed E-state index contributed by atoms with van der Waals surface area (Å²) in [6, 6.07) is 11.1. The van der Waals surface area contributed by atoms with Crippen molar-refractivity contribution in [2.24, 2.45) is 5.92 Å². The number of benzene rings is 1. The Bertz CT molecular complexity index is 797. The van der Waals surface area contributed by atoms with E-state index < -0.39 is 0 Å². The zero-order chi connectivity index (χ0) is 18.5. The average Bonchev–Trinajstić information content (AvgIpc) is 2.69. The van der Waals surface area contributed by atoms with E-state index in [1.165, 1.54) is 0 Å². The second-order valence-electron chi connectivity index (χ2n) is 6.63. The van der Waals surface area contributed by atoms with Crippen LogP contribution in [0.5, 0.6) is 0 Å². The van der Waals surface area contributed by atoms with E-state index in [9.17, 15) is 9.59 Å². The van der Waals surface area contributed by atoms with Crippen LogP contribution in [0.15, 0.2) is 49.2 Å². The molecule has 134 valence electrons. The number of hydrogen-bond donors (Lipinski definition) is 1. The van der Waals surface area contributed by atoms with Crippen molar-refractivity contribution in [2.75, 3.05) is 18.4 Å². The molecule has 1 aliphatic heterocycles. The summed E-state index contributed by atoms with van der Waals surface area (Å²) >= 11 is 0. The van der Waals surface area contributed by atoms with Crippen LogP contribution in [-0.4, -0.2) is 34.8 Å². The molecular formula is C21H23N3O2. The first-order chi connectivity index (χ1) is 12.6. The Morgan fingerprint density at radius 2 is 2.00 bits per heavy atom. The molecule has 1 atom stereocenters. The first-order valence-electron chi connectivity index (χ1n) is 8.82. The maximum absolute atomic E-state index is 12.7. The largest absolute Gasteiger partial charge is 0.338 e. The van der Waals surface area contributed by atoms with Gasteiger partial charge in [-0.15, -0.1) is 0 Å². The molecular weight excluding hydrogens is 326 g/mol. The minimum atomic E-state index is -0.219. The molecule has 1 aromatic carbocycles. The molecule has 26 heavy (non-hydrogen) atoms. The van der Waals surface area contributed by atoms with Crippen molar-refractivity contribution in [3.05, 3.63) is 65.9 Å². The van der Waals surface area contributed by atoms with Crippen LogP contribution >= 0.6 is 0 Å². The molecule has 1 aromatic heterocycles. The fourth-order valence-electron chi connectivity index (χ4n) is 3.09. The van der Waals surface area contributed by atoms with Gasteiger partial charge in [0.2, 0.25) is 5.91 Å².